The first-order valence-corrected chi connectivity index (χ1v) is 9.47. The summed E-state index contributed by atoms with van der Waals surface area (Å²) in [5.74, 6) is 1.65. The van der Waals surface area contributed by atoms with Gasteiger partial charge in [-0.15, -0.1) is 0 Å². The first kappa shape index (κ1) is 17.7. The Bertz CT molecular complexity index is 950. The number of nitrogens with zero attached hydrogens (tertiary/aromatic N) is 3. The number of benzene rings is 1. The van der Waals surface area contributed by atoms with Crippen molar-refractivity contribution in [3.63, 3.8) is 0 Å². The Morgan fingerprint density at radius 2 is 2.00 bits per heavy atom. The molecular formula is C21H25N5O. The molecule has 2 unspecified atom stereocenters. The predicted octanol–water partition coefficient (Wildman–Crippen LogP) is 3.70. The number of hydrogen-bond donors (Lipinski definition) is 2. The quantitative estimate of drug-likeness (QED) is 0.741. The molecule has 2 atom stereocenters. The van der Waals surface area contributed by atoms with Crippen LogP contribution in [-0.2, 0) is 4.79 Å². The molecule has 0 radical (unpaired) electrons. The largest absolute Gasteiger partial charge is 0.338 e. The highest BCUT2D eigenvalue weighted by Gasteiger charge is 2.34. The number of pyridine rings is 1. The molecule has 0 saturated carbocycles. The highest BCUT2D eigenvalue weighted by Crippen LogP contribution is 2.34. The molecule has 1 saturated heterocycles. The van der Waals surface area contributed by atoms with Gasteiger partial charge in [0.1, 0.15) is 5.82 Å². The Labute approximate surface area is 159 Å². The molecule has 1 aliphatic heterocycles. The van der Waals surface area contributed by atoms with Gasteiger partial charge in [0.15, 0.2) is 0 Å². The van der Waals surface area contributed by atoms with Crippen molar-refractivity contribution >= 4 is 16.9 Å². The van der Waals surface area contributed by atoms with Gasteiger partial charge in [0.05, 0.1) is 17.1 Å². The van der Waals surface area contributed by atoms with Gasteiger partial charge < -0.3 is 4.98 Å². The second kappa shape index (κ2) is 7.12. The van der Waals surface area contributed by atoms with Gasteiger partial charge in [-0.05, 0) is 41.7 Å². The van der Waals surface area contributed by atoms with E-state index >= 15 is 0 Å². The highest BCUT2D eigenvalue weighted by atomic mass is 16.2. The standard InChI is InChI=1S/C21H25N5O/c1-13(2)12-26-20(14(3)10-19(27)25-26)16-4-5-17-18(11-16)24-21(23-17)15-6-8-22-9-7-15/h4-9,11,13-14,20H,10,12H2,1-3H3,(H,23,24)(H,25,27). The van der Waals surface area contributed by atoms with E-state index in [1.54, 1.807) is 12.4 Å². The average molecular weight is 363 g/mol. The van der Waals surface area contributed by atoms with Gasteiger partial charge in [-0.3, -0.25) is 15.2 Å². The number of carbonyl (C=O) groups excluding carboxylic acids is 1. The number of fused-ring (bicyclic) bond motifs is 1. The van der Waals surface area contributed by atoms with Gasteiger partial charge >= 0.3 is 0 Å². The van der Waals surface area contributed by atoms with E-state index in [4.69, 9.17) is 4.98 Å². The van der Waals surface area contributed by atoms with Crippen molar-refractivity contribution in [2.45, 2.75) is 33.2 Å². The van der Waals surface area contributed by atoms with Crippen molar-refractivity contribution < 1.29 is 4.79 Å². The second-order valence-electron chi connectivity index (χ2n) is 7.81. The molecule has 3 aromatic rings. The summed E-state index contributed by atoms with van der Waals surface area (Å²) in [5, 5.41) is 2.10. The van der Waals surface area contributed by atoms with Crippen molar-refractivity contribution in [2.75, 3.05) is 6.54 Å². The molecule has 2 aromatic heterocycles. The van der Waals surface area contributed by atoms with Crippen molar-refractivity contribution in [3.8, 4) is 11.4 Å². The van der Waals surface area contributed by atoms with Crippen LogP contribution in [0, 0.1) is 11.8 Å². The Balaban J connectivity index is 1.70. The lowest BCUT2D eigenvalue weighted by atomic mass is 9.89. The lowest BCUT2D eigenvalue weighted by Gasteiger charge is -2.41. The minimum atomic E-state index is 0.0991. The summed E-state index contributed by atoms with van der Waals surface area (Å²) >= 11 is 0. The summed E-state index contributed by atoms with van der Waals surface area (Å²) in [7, 11) is 0. The van der Waals surface area contributed by atoms with Crippen LogP contribution in [0.4, 0.5) is 0 Å². The van der Waals surface area contributed by atoms with Crippen LogP contribution in [0.25, 0.3) is 22.4 Å². The molecule has 6 nitrogen and oxygen atoms in total. The van der Waals surface area contributed by atoms with Crippen molar-refractivity contribution in [1.82, 2.24) is 25.4 Å². The molecule has 0 spiro atoms. The third kappa shape index (κ3) is 3.57. The molecule has 1 aromatic carbocycles. The molecule has 0 bridgehead atoms. The Kier molecular flexibility index (Phi) is 4.66. The van der Waals surface area contributed by atoms with E-state index in [1.165, 1.54) is 5.56 Å². The number of imidazole rings is 1. The van der Waals surface area contributed by atoms with E-state index in [2.05, 4.69) is 59.4 Å². The summed E-state index contributed by atoms with van der Waals surface area (Å²) in [5.41, 5.74) is 7.22. The molecule has 27 heavy (non-hydrogen) atoms. The Hall–Kier alpha value is -2.73. The number of hydrazine groups is 1. The zero-order valence-electron chi connectivity index (χ0n) is 15.9. The molecule has 3 heterocycles. The van der Waals surface area contributed by atoms with Crippen LogP contribution in [0.2, 0.25) is 0 Å². The fourth-order valence-corrected chi connectivity index (χ4v) is 3.91. The molecule has 1 aliphatic rings. The van der Waals surface area contributed by atoms with Crippen molar-refractivity contribution in [3.05, 3.63) is 48.3 Å². The molecule has 1 fully saturated rings. The molecule has 4 rings (SSSR count). The number of nitrogens with one attached hydrogen (secondary N) is 2. The van der Waals surface area contributed by atoms with Crippen LogP contribution >= 0.6 is 0 Å². The van der Waals surface area contributed by atoms with Gasteiger partial charge in [0, 0.05) is 30.9 Å². The zero-order chi connectivity index (χ0) is 19.0. The first-order chi connectivity index (χ1) is 13.0. The summed E-state index contributed by atoms with van der Waals surface area (Å²) in [6, 6.07) is 10.4. The van der Waals surface area contributed by atoms with Crippen LogP contribution in [-0.4, -0.2) is 32.4 Å². The van der Waals surface area contributed by atoms with Crippen molar-refractivity contribution in [2.24, 2.45) is 11.8 Å². The number of aromatic nitrogens is 3. The third-order valence-corrected chi connectivity index (χ3v) is 5.01. The lowest BCUT2D eigenvalue weighted by molar-refractivity contribution is -0.134. The Morgan fingerprint density at radius 3 is 2.74 bits per heavy atom. The average Bonchev–Trinajstić information content (AvgIpc) is 3.05. The topological polar surface area (TPSA) is 73.9 Å². The predicted molar refractivity (Wildman–Crippen MR) is 106 cm³/mol. The molecular weight excluding hydrogens is 338 g/mol. The minimum absolute atomic E-state index is 0.0991. The highest BCUT2D eigenvalue weighted by molar-refractivity contribution is 5.80. The number of rotatable bonds is 4. The van der Waals surface area contributed by atoms with E-state index in [0.717, 1.165) is 29.0 Å². The summed E-state index contributed by atoms with van der Waals surface area (Å²) in [6.07, 6.45) is 4.08. The van der Waals surface area contributed by atoms with Crippen LogP contribution in [0.5, 0.6) is 0 Å². The third-order valence-electron chi connectivity index (χ3n) is 5.01. The van der Waals surface area contributed by atoms with Gasteiger partial charge in [-0.25, -0.2) is 9.99 Å². The molecule has 6 heteroatoms. The SMILES string of the molecule is CC(C)CN1NC(=O)CC(C)C1c1ccc2nc(-c3ccncc3)[nH]c2c1. The Morgan fingerprint density at radius 1 is 1.22 bits per heavy atom. The van der Waals surface area contributed by atoms with Crippen LogP contribution in [0.1, 0.15) is 38.8 Å². The van der Waals surface area contributed by atoms with E-state index in [1.807, 2.05) is 12.1 Å². The monoisotopic (exact) mass is 363 g/mol. The summed E-state index contributed by atoms with van der Waals surface area (Å²) < 4.78 is 0. The molecule has 0 aliphatic carbocycles. The molecule has 1 amide bonds. The maximum Gasteiger partial charge on any atom is 0.234 e. The van der Waals surface area contributed by atoms with E-state index in [-0.39, 0.29) is 17.9 Å². The number of aromatic amines is 1. The van der Waals surface area contributed by atoms with Crippen LogP contribution < -0.4 is 5.43 Å². The maximum absolute atomic E-state index is 12.0. The zero-order valence-corrected chi connectivity index (χ0v) is 15.9. The number of hydrogen-bond acceptors (Lipinski definition) is 4. The van der Waals surface area contributed by atoms with Crippen molar-refractivity contribution in [1.29, 1.82) is 0 Å². The van der Waals surface area contributed by atoms with E-state index in [9.17, 15) is 4.79 Å². The summed E-state index contributed by atoms with van der Waals surface area (Å²) in [6.45, 7) is 7.31. The van der Waals surface area contributed by atoms with E-state index < -0.39 is 0 Å². The first-order valence-electron chi connectivity index (χ1n) is 9.47. The summed E-state index contributed by atoms with van der Waals surface area (Å²) in [4.78, 5) is 24.2. The minimum Gasteiger partial charge on any atom is -0.338 e. The fourth-order valence-electron chi connectivity index (χ4n) is 3.91. The maximum atomic E-state index is 12.0. The van der Waals surface area contributed by atoms with Gasteiger partial charge in [0.2, 0.25) is 5.91 Å². The van der Waals surface area contributed by atoms with Gasteiger partial charge in [-0.1, -0.05) is 26.8 Å². The lowest BCUT2D eigenvalue weighted by Crippen LogP contribution is -2.52. The molecule has 2 N–H and O–H groups in total. The van der Waals surface area contributed by atoms with Crippen LogP contribution in [0.3, 0.4) is 0 Å². The second-order valence-corrected chi connectivity index (χ2v) is 7.81. The normalized spacial score (nSPS) is 21.0. The number of H-pyrrole nitrogens is 1. The van der Waals surface area contributed by atoms with Gasteiger partial charge in [-0.2, -0.15) is 0 Å². The number of amides is 1. The molecule has 140 valence electrons. The number of carbonyl (C=O) groups is 1. The van der Waals surface area contributed by atoms with Crippen LogP contribution in [0.15, 0.2) is 42.7 Å². The smallest absolute Gasteiger partial charge is 0.234 e. The van der Waals surface area contributed by atoms with Gasteiger partial charge in [0.25, 0.3) is 0 Å². The fraction of sp³-hybridized carbons (Fsp3) is 0.381. The van der Waals surface area contributed by atoms with E-state index in [0.29, 0.717) is 12.3 Å².